The number of amides is 1. The van der Waals surface area contributed by atoms with Crippen molar-refractivity contribution in [3.8, 4) is 0 Å². The molecule has 9 heteroatoms. The Morgan fingerprint density at radius 2 is 2.04 bits per heavy atom. The molecule has 2 fully saturated rings. The zero-order valence-corrected chi connectivity index (χ0v) is 18.0. The molecule has 2 heterocycles. The maximum Gasteiger partial charge on any atom is 0.233 e. The minimum Gasteiger partial charge on any atom is -0.335 e. The fourth-order valence-electron chi connectivity index (χ4n) is 4.02. The Balaban J connectivity index is 1.47. The SMILES string of the molecule is O=C(CSc1nc2cc(Cl)ccc2s1)N(C1CCCC1)[C@@H]1CCS(=O)(=O)C1. The first-order valence-corrected chi connectivity index (χ1v) is 13.1. The molecule has 2 aromatic rings. The summed E-state index contributed by atoms with van der Waals surface area (Å²) in [7, 11) is -3.02. The second kappa shape index (κ2) is 7.89. The van der Waals surface area contributed by atoms with Gasteiger partial charge in [0.25, 0.3) is 0 Å². The molecule has 1 aromatic heterocycles. The van der Waals surface area contributed by atoms with Crippen molar-refractivity contribution in [3.05, 3.63) is 23.2 Å². The number of sulfone groups is 1. The number of benzene rings is 1. The van der Waals surface area contributed by atoms with Crippen molar-refractivity contribution in [3.63, 3.8) is 0 Å². The van der Waals surface area contributed by atoms with Gasteiger partial charge in [-0.15, -0.1) is 11.3 Å². The molecule has 2 aliphatic rings. The highest BCUT2D eigenvalue weighted by atomic mass is 35.5. The Labute approximate surface area is 172 Å². The molecule has 1 aromatic carbocycles. The van der Waals surface area contributed by atoms with Gasteiger partial charge in [0.05, 0.1) is 27.5 Å². The summed E-state index contributed by atoms with van der Waals surface area (Å²) in [4.78, 5) is 19.5. The van der Waals surface area contributed by atoms with Crippen LogP contribution in [0.15, 0.2) is 22.5 Å². The van der Waals surface area contributed by atoms with Gasteiger partial charge >= 0.3 is 0 Å². The summed E-state index contributed by atoms with van der Waals surface area (Å²) in [5, 5.41) is 0.648. The lowest BCUT2D eigenvalue weighted by Gasteiger charge is -2.34. The van der Waals surface area contributed by atoms with Gasteiger partial charge in [-0.2, -0.15) is 0 Å². The Morgan fingerprint density at radius 3 is 2.74 bits per heavy atom. The minimum absolute atomic E-state index is 0.0336. The van der Waals surface area contributed by atoms with E-state index >= 15 is 0 Å². The van der Waals surface area contributed by atoms with Crippen molar-refractivity contribution < 1.29 is 13.2 Å². The fraction of sp³-hybridized carbons (Fsp3) is 0.556. The molecule has 1 aliphatic carbocycles. The number of fused-ring (bicyclic) bond motifs is 1. The highest BCUT2D eigenvalue weighted by Gasteiger charge is 2.38. The molecule has 1 amide bonds. The van der Waals surface area contributed by atoms with Crippen LogP contribution in [0.2, 0.25) is 5.02 Å². The number of aromatic nitrogens is 1. The maximum absolute atomic E-state index is 13.0. The summed E-state index contributed by atoms with van der Waals surface area (Å²) in [5.41, 5.74) is 0.844. The zero-order chi connectivity index (χ0) is 19.0. The van der Waals surface area contributed by atoms with E-state index in [9.17, 15) is 13.2 Å². The number of hydrogen-bond acceptors (Lipinski definition) is 6. The van der Waals surface area contributed by atoms with Crippen molar-refractivity contribution in [1.82, 2.24) is 9.88 Å². The fourth-order valence-corrected chi connectivity index (χ4v) is 7.82. The summed E-state index contributed by atoms with van der Waals surface area (Å²) in [6, 6.07) is 5.62. The average molecular weight is 445 g/mol. The highest BCUT2D eigenvalue weighted by Crippen LogP contribution is 2.33. The van der Waals surface area contributed by atoms with Crippen LogP contribution in [-0.2, 0) is 14.6 Å². The number of carbonyl (C=O) groups is 1. The first-order chi connectivity index (χ1) is 12.9. The van der Waals surface area contributed by atoms with Crippen LogP contribution in [0, 0.1) is 0 Å². The Kier molecular flexibility index (Phi) is 5.69. The third-order valence-electron chi connectivity index (χ3n) is 5.26. The molecule has 0 N–H and O–H groups in total. The monoisotopic (exact) mass is 444 g/mol. The minimum atomic E-state index is -3.02. The lowest BCUT2D eigenvalue weighted by Crippen LogP contribution is -2.47. The van der Waals surface area contributed by atoms with E-state index in [0.717, 1.165) is 40.2 Å². The summed E-state index contributed by atoms with van der Waals surface area (Å²) in [5.74, 6) is 0.631. The molecule has 0 radical (unpaired) electrons. The Morgan fingerprint density at radius 1 is 1.26 bits per heavy atom. The lowest BCUT2D eigenvalue weighted by atomic mass is 10.1. The van der Waals surface area contributed by atoms with E-state index in [1.807, 2.05) is 23.1 Å². The number of thioether (sulfide) groups is 1. The smallest absolute Gasteiger partial charge is 0.233 e. The second-order valence-electron chi connectivity index (χ2n) is 7.18. The van der Waals surface area contributed by atoms with Crippen LogP contribution in [0.3, 0.4) is 0 Å². The van der Waals surface area contributed by atoms with Gasteiger partial charge in [-0.05, 0) is 37.5 Å². The number of nitrogens with zero attached hydrogens (tertiary/aromatic N) is 2. The van der Waals surface area contributed by atoms with Gasteiger partial charge in [-0.1, -0.05) is 36.2 Å². The van der Waals surface area contributed by atoms with Crippen LogP contribution in [0.4, 0.5) is 0 Å². The van der Waals surface area contributed by atoms with Gasteiger partial charge in [-0.25, -0.2) is 13.4 Å². The summed E-state index contributed by atoms with van der Waals surface area (Å²) < 4.78 is 25.7. The van der Waals surface area contributed by atoms with E-state index in [4.69, 9.17) is 11.6 Å². The van der Waals surface area contributed by atoms with Gasteiger partial charge in [-0.3, -0.25) is 4.79 Å². The lowest BCUT2D eigenvalue weighted by molar-refractivity contribution is -0.132. The van der Waals surface area contributed by atoms with Gasteiger partial charge in [0.15, 0.2) is 14.2 Å². The van der Waals surface area contributed by atoms with Gasteiger partial charge in [0.2, 0.25) is 5.91 Å². The van der Waals surface area contributed by atoms with Crippen molar-refractivity contribution >= 4 is 60.7 Å². The number of thiazole rings is 1. The van der Waals surface area contributed by atoms with E-state index < -0.39 is 9.84 Å². The molecule has 146 valence electrons. The van der Waals surface area contributed by atoms with Crippen molar-refractivity contribution in [2.45, 2.75) is 48.5 Å². The number of carbonyl (C=O) groups excluding carboxylic acids is 1. The Bertz CT molecular complexity index is 954. The van der Waals surface area contributed by atoms with Gasteiger partial charge in [0.1, 0.15) is 0 Å². The first kappa shape index (κ1) is 19.5. The van der Waals surface area contributed by atoms with Crippen LogP contribution in [-0.4, -0.2) is 53.6 Å². The van der Waals surface area contributed by atoms with Crippen LogP contribution in [0.5, 0.6) is 0 Å². The van der Waals surface area contributed by atoms with Crippen LogP contribution >= 0.6 is 34.7 Å². The van der Waals surface area contributed by atoms with Crippen molar-refractivity contribution in [1.29, 1.82) is 0 Å². The molecule has 0 unspecified atom stereocenters. The number of hydrogen-bond donors (Lipinski definition) is 0. The van der Waals surface area contributed by atoms with Crippen LogP contribution in [0.25, 0.3) is 10.2 Å². The third-order valence-corrected chi connectivity index (χ3v) is 9.41. The largest absolute Gasteiger partial charge is 0.335 e. The second-order valence-corrected chi connectivity index (χ2v) is 12.1. The van der Waals surface area contributed by atoms with E-state index in [1.165, 1.54) is 11.8 Å². The van der Waals surface area contributed by atoms with E-state index in [0.29, 0.717) is 17.2 Å². The van der Waals surface area contributed by atoms with E-state index in [-0.39, 0.29) is 29.5 Å². The molecular formula is C18H21ClN2O3S3. The summed E-state index contributed by atoms with van der Waals surface area (Å²) >= 11 is 8.99. The standard InChI is InChI=1S/C18H21ClN2O3S3/c19-12-5-6-16-15(9-12)20-18(26-16)25-10-17(22)21(13-3-1-2-4-13)14-7-8-27(23,24)11-14/h5-6,9,13-14H,1-4,7-8,10-11H2/t14-/m1/s1. The molecule has 5 nitrogen and oxygen atoms in total. The van der Waals surface area contributed by atoms with E-state index in [2.05, 4.69) is 4.98 Å². The topological polar surface area (TPSA) is 67.3 Å². The summed E-state index contributed by atoms with van der Waals surface area (Å²) in [6.07, 6.45) is 4.74. The molecule has 1 saturated carbocycles. The van der Waals surface area contributed by atoms with Crippen molar-refractivity contribution in [2.75, 3.05) is 17.3 Å². The maximum atomic E-state index is 13.0. The zero-order valence-electron chi connectivity index (χ0n) is 14.8. The molecule has 0 bridgehead atoms. The molecule has 4 rings (SSSR count). The molecule has 1 saturated heterocycles. The average Bonchev–Trinajstić information content (AvgIpc) is 3.33. The first-order valence-electron chi connectivity index (χ1n) is 9.12. The van der Waals surface area contributed by atoms with Gasteiger partial charge < -0.3 is 4.90 Å². The highest BCUT2D eigenvalue weighted by molar-refractivity contribution is 8.01. The predicted octanol–water partition coefficient (Wildman–Crippen LogP) is 4.00. The third kappa shape index (κ3) is 4.44. The quantitative estimate of drug-likeness (QED) is 0.652. The predicted molar refractivity (Wildman–Crippen MR) is 112 cm³/mol. The number of halogens is 1. The Hall–Kier alpha value is -0.830. The molecule has 27 heavy (non-hydrogen) atoms. The molecule has 1 aliphatic heterocycles. The van der Waals surface area contributed by atoms with Crippen LogP contribution in [0.1, 0.15) is 32.1 Å². The van der Waals surface area contributed by atoms with Gasteiger partial charge in [0, 0.05) is 17.1 Å². The van der Waals surface area contributed by atoms with Crippen LogP contribution < -0.4 is 0 Å². The molecule has 0 spiro atoms. The molecular weight excluding hydrogens is 424 g/mol. The van der Waals surface area contributed by atoms with E-state index in [1.54, 1.807) is 11.3 Å². The normalized spacial score (nSPS) is 22.5. The molecule has 1 atom stereocenters. The van der Waals surface area contributed by atoms with Crippen molar-refractivity contribution in [2.24, 2.45) is 0 Å². The summed E-state index contributed by atoms with van der Waals surface area (Å²) in [6.45, 7) is 0. The number of rotatable bonds is 5.